The minimum absolute atomic E-state index is 0.0944. The van der Waals surface area contributed by atoms with Crippen LogP contribution in [0.5, 0.6) is 0 Å². The van der Waals surface area contributed by atoms with Gasteiger partial charge in [0.05, 0.1) is 18.4 Å². The highest BCUT2D eigenvalue weighted by Gasteiger charge is 2.20. The lowest BCUT2D eigenvalue weighted by molar-refractivity contribution is -0.119. The Balaban J connectivity index is 1.96. The summed E-state index contributed by atoms with van der Waals surface area (Å²) < 4.78 is 4.66. The van der Waals surface area contributed by atoms with Crippen molar-refractivity contribution < 1.29 is 14.3 Å². The molecule has 1 aliphatic rings. The minimum atomic E-state index is -0.389. The number of methoxy groups -OCH3 is 1. The number of pyridine rings is 1. The van der Waals surface area contributed by atoms with Gasteiger partial charge in [-0.1, -0.05) is 0 Å². The first-order chi connectivity index (χ1) is 9.10. The zero-order chi connectivity index (χ0) is 13.8. The number of nitrogens with zero attached hydrogens (tertiary/aromatic N) is 1. The van der Waals surface area contributed by atoms with Crippen LogP contribution < -0.4 is 10.6 Å². The second-order valence-electron chi connectivity index (χ2n) is 4.51. The molecular formula is C13H17N3O3. The number of rotatable bonds is 4. The molecule has 0 aliphatic carbocycles. The van der Waals surface area contributed by atoms with Crippen LogP contribution in [-0.2, 0) is 9.53 Å². The number of aryl methyl sites for hydroxylation is 1. The molecule has 2 rings (SSSR count). The first-order valence-electron chi connectivity index (χ1n) is 6.19. The van der Waals surface area contributed by atoms with Crippen molar-refractivity contribution in [2.75, 3.05) is 19.0 Å². The van der Waals surface area contributed by atoms with Crippen molar-refractivity contribution in [3.8, 4) is 0 Å². The first-order valence-corrected chi connectivity index (χ1v) is 6.19. The third kappa shape index (κ3) is 3.21. The summed E-state index contributed by atoms with van der Waals surface area (Å²) in [4.78, 5) is 26.8. The van der Waals surface area contributed by atoms with Crippen LogP contribution in [0.3, 0.4) is 0 Å². The van der Waals surface area contributed by atoms with E-state index in [4.69, 9.17) is 0 Å². The summed E-state index contributed by atoms with van der Waals surface area (Å²) in [5.74, 6) is 0.392. The molecule has 1 aromatic rings. The Labute approximate surface area is 111 Å². The van der Waals surface area contributed by atoms with Crippen molar-refractivity contribution in [1.82, 2.24) is 10.3 Å². The molecule has 6 heteroatoms. The standard InChI is InChI=1S/C13H17N3O3/c1-8-10(13(18)19-2)4-5-11(15-8)14-7-9-3-6-12(17)16-9/h4-5,9H,3,6-7H2,1-2H3,(H,14,15)(H,16,17). The third-order valence-corrected chi connectivity index (χ3v) is 3.11. The van der Waals surface area contributed by atoms with Crippen LogP contribution in [0.25, 0.3) is 0 Å². The van der Waals surface area contributed by atoms with Crippen LogP contribution in [0.4, 0.5) is 5.82 Å². The Bertz CT molecular complexity index is 502. The monoisotopic (exact) mass is 263 g/mol. The summed E-state index contributed by atoms with van der Waals surface area (Å²) in [6, 6.07) is 3.56. The summed E-state index contributed by atoms with van der Waals surface area (Å²) in [6.45, 7) is 2.39. The van der Waals surface area contributed by atoms with E-state index in [9.17, 15) is 9.59 Å². The topological polar surface area (TPSA) is 80.3 Å². The number of hydrogen-bond donors (Lipinski definition) is 2. The van der Waals surface area contributed by atoms with E-state index in [0.717, 1.165) is 6.42 Å². The second-order valence-corrected chi connectivity index (χ2v) is 4.51. The molecule has 1 aromatic heterocycles. The molecule has 1 unspecified atom stereocenters. The van der Waals surface area contributed by atoms with Gasteiger partial charge in [0.2, 0.25) is 5.91 Å². The normalized spacial score (nSPS) is 18.0. The van der Waals surface area contributed by atoms with Crippen LogP contribution in [0.15, 0.2) is 12.1 Å². The van der Waals surface area contributed by atoms with E-state index >= 15 is 0 Å². The SMILES string of the molecule is COC(=O)c1ccc(NCC2CCC(=O)N2)nc1C. The molecule has 0 spiro atoms. The van der Waals surface area contributed by atoms with E-state index in [1.54, 1.807) is 19.1 Å². The van der Waals surface area contributed by atoms with Crippen LogP contribution in [0, 0.1) is 6.92 Å². The number of anilines is 1. The Morgan fingerprint density at radius 1 is 1.58 bits per heavy atom. The van der Waals surface area contributed by atoms with Gasteiger partial charge in [-0.15, -0.1) is 0 Å². The van der Waals surface area contributed by atoms with Gasteiger partial charge in [-0.3, -0.25) is 4.79 Å². The Morgan fingerprint density at radius 2 is 2.37 bits per heavy atom. The molecule has 6 nitrogen and oxygen atoms in total. The lowest BCUT2D eigenvalue weighted by Crippen LogP contribution is -2.32. The van der Waals surface area contributed by atoms with Gasteiger partial charge in [-0.05, 0) is 25.5 Å². The number of ether oxygens (including phenoxy) is 1. The average molecular weight is 263 g/mol. The molecule has 1 saturated heterocycles. The molecule has 0 bridgehead atoms. The highest BCUT2D eigenvalue weighted by atomic mass is 16.5. The van der Waals surface area contributed by atoms with Crippen molar-refractivity contribution in [3.05, 3.63) is 23.4 Å². The summed E-state index contributed by atoms with van der Waals surface area (Å²) in [7, 11) is 1.34. The first kappa shape index (κ1) is 13.3. The van der Waals surface area contributed by atoms with Crippen molar-refractivity contribution in [2.24, 2.45) is 0 Å². The predicted octanol–water partition coefficient (Wildman–Crippen LogP) is 0.867. The van der Waals surface area contributed by atoms with Crippen LogP contribution in [0.1, 0.15) is 28.9 Å². The van der Waals surface area contributed by atoms with E-state index in [1.807, 2.05) is 0 Å². The molecule has 1 atom stereocenters. The minimum Gasteiger partial charge on any atom is -0.465 e. The largest absolute Gasteiger partial charge is 0.465 e. The number of carbonyl (C=O) groups excluding carboxylic acids is 2. The fourth-order valence-corrected chi connectivity index (χ4v) is 2.04. The van der Waals surface area contributed by atoms with Gasteiger partial charge in [-0.25, -0.2) is 9.78 Å². The molecule has 0 radical (unpaired) electrons. The molecule has 1 fully saturated rings. The second kappa shape index (κ2) is 5.69. The molecule has 0 saturated carbocycles. The van der Waals surface area contributed by atoms with E-state index in [2.05, 4.69) is 20.4 Å². The maximum atomic E-state index is 11.4. The Morgan fingerprint density at radius 3 is 2.95 bits per heavy atom. The number of nitrogens with one attached hydrogen (secondary N) is 2. The van der Waals surface area contributed by atoms with Crippen LogP contribution in [0.2, 0.25) is 0 Å². The van der Waals surface area contributed by atoms with E-state index < -0.39 is 0 Å². The van der Waals surface area contributed by atoms with E-state index in [1.165, 1.54) is 7.11 Å². The Kier molecular flexibility index (Phi) is 3.99. The van der Waals surface area contributed by atoms with Crippen molar-refractivity contribution >= 4 is 17.7 Å². The lowest BCUT2D eigenvalue weighted by Gasteiger charge is -2.12. The third-order valence-electron chi connectivity index (χ3n) is 3.11. The summed E-state index contributed by atoms with van der Waals surface area (Å²) in [6.07, 6.45) is 1.42. The van der Waals surface area contributed by atoms with Crippen LogP contribution in [-0.4, -0.2) is 36.6 Å². The fraction of sp³-hybridized carbons (Fsp3) is 0.462. The summed E-state index contributed by atoms with van der Waals surface area (Å²) >= 11 is 0. The number of aromatic nitrogens is 1. The quantitative estimate of drug-likeness (QED) is 0.788. The smallest absolute Gasteiger partial charge is 0.339 e. The van der Waals surface area contributed by atoms with Gasteiger partial charge in [0.1, 0.15) is 5.82 Å². The number of hydrogen-bond acceptors (Lipinski definition) is 5. The summed E-state index contributed by atoms with van der Waals surface area (Å²) in [5.41, 5.74) is 1.08. The lowest BCUT2D eigenvalue weighted by atomic mass is 10.2. The van der Waals surface area contributed by atoms with Gasteiger partial charge in [-0.2, -0.15) is 0 Å². The highest BCUT2D eigenvalue weighted by Crippen LogP contribution is 2.13. The van der Waals surface area contributed by atoms with Crippen molar-refractivity contribution in [2.45, 2.75) is 25.8 Å². The zero-order valence-corrected chi connectivity index (χ0v) is 11.0. The van der Waals surface area contributed by atoms with Gasteiger partial charge < -0.3 is 15.4 Å². The van der Waals surface area contributed by atoms with E-state index in [-0.39, 0.29) is 17.9 Å². The molecule has 1 aliphatic heterocycles. The van der Waals surface area contributed by atoms with Gasteiger partial charge in [0.15, 0.2) is 0 Å². The molecular weight excluding hydrogens is 246 g/mol. The highest BCUT2D eigenvalue weighted by molar-refractivity contribution is 5.90. The summed E-state index contributed by atoms with van der Waals surface area (Å²) in [5, 5.41) is 6.03. The molecule has 102 valence electrons. The number of amides is 1. The number of carbonyl (C=O) groups is 2. The maximum Gasteiger partial charge on any atom is 0.339 e. The Hall–Kier alpha value is -2.11. The molecule has 1 amide bonds. The molecule has 19 heavy (non-hydrogen) atoms. The van der Waals surface area contributed by atoms with Gasteiger partial charge >= 0.3 is 5.97 Å². The van der Waals surface area contributed by atoms with Crippen LogP contribution >= 0.6 is 0 Å². The van der Waals surface area contributed by atoms with E-state index in [0.29, 0.717) is 30.0 Å². The average Bonchev–Trinajstić information content (AvgIpc) is 2.81. The fourth-order valence-electron chi connectivity index (χ4n) is 2.04. The van der Waals surface area contributed by atoms with Crippen molar-refractivity contribution in [1.29, 1.82) is 0 Å². The maximum absolute atomic E-state index is 11.4. The van der Waals surface area contributed by atoms with Crippen molar-refractivity contribution in [3.63, 3.8) is 0 Å². The molecule has 2 heterocycles. The number of esters is 1. The van der Waals surface area contributed by atoms with Gasteiger partial charge in [0, 0.05) is 19.0 Å². The molecule has 0 aromatic carbocycles. The zero-order valence-electron chi connectivity index (χ0n) is 11.0. The molecule has 2 N–H and O–H groups in total. The van der Waals surface area contributed by atoms with Gasteiger partial charge in [0.25, 0.3) is 0 Å². The predicted molar refractivity (Wildman–Crippen MR) is 70.0 cm³/mol.